The lowest BCUT2D eigenvalue weighted by molar-refractivity contribution is 0.0954. The minimum atomic E-state index is -0.0651. The van der Waals surface area contributed by atoms with Crippen LogP contribution in [-0.4, -0.2) is 24.5 Å². The molecule has 1 aromatic heterocycles. The van der Waals surface area contributed by atoms with Crippen molar-refractivity contribution in [2.45, 2.75) is 20.3 Å². The van der Waals surface area contributed by atoms with Crippen LogP contribution < -0.4 is 10.6 Å². The minimum Gasteiger partial charge on any atom is -0.373 e. The number of carbonyl (C=O) groups is 1. The number of pyridine rings is 1. The number of benzene rings is 1. The first-order chi connectivity index (χ1) is 10.1. The van der Waals surface area contributed by atoms with Crippen LogP contribution in [0.1, 0.15) is 27.2 Å². The molecular weight excluding hydrogens is 262 g/mol. The molecule has 0 unspecified atom stereocenters. The lowest BCUT2D eigenvalue weighted by Gasteiger charge is -2.08. The molecule has 0 aliphatic heterocycles. The average Bonchev–Trinajstić information content (AvgIpc) is 2.46. The Labute approximate surface area is 125 Å². The molecule has 110 valence electrons. The Morgan fingerprint density at radius 2 is 2.00 bits per heavy atom. The Bertz CT molecular complexity index is 638. The fourth-order valence-electron chi connectivity index (χ4n) is 2.22. The van der Waals surface area contributed by atoms with Gasteiger partial charge in [-0.2, -0.15) is 0 Å². The summed E-state index contributed by atoms with van der Waals surface area (Å²) in [7, 11) is 1.79. The van der Waals surface area contributed by atoms with Crippen LogP contribution in [0.25, 0.3) is 0 Å². The summed E-state index contributed by atoms with van der Waals surface area (Å²) in [5.74, 6) is 0.642. The van der Waals surface area contributed by atoms with Gasteiger partial charge in [-0.25, -0.2) is 4.98 Å². The van der Waals surface area contributed by atoms with Crippen LogP contribution in [0.4, 0.5) is 5.82 Å². The molecule has 0 saturated carbocycles. The number of hydrogen-bond donors (Lipinski definition) is 2. The van der Waals surface area contributed by atoms with E-state index < -0.39 is 0 Å². The zero-order chi connectivity index (χ0) is 15.2. The van der Waals surface area contributed by atoms with Gasteiger partial charge in [-0.3, -0.25) is 4.79 Å². The maximum atomic E-state index is 12.2. The highest BCUT2D eigenvalue weighted by Crippen LogP contribution is 2.09. The molecule has 4 nitrogen and oxygen atoms in total. The molecule has 1 aromatic carbocycles. The number of amides is 1. The van der Waals surface area contributed by atoms with E-state index in [4.69, 9.17) is 0 Å². The van der Waals surface area contributed by atoms with Crippen molar-refractivity contribution < 1.29 is 4.79 Å². The molecule has 0 saturated heterocycles. The molecule has 1 amide bonds. The number of aromatic nitrogens is 1. The molecule has 0 bridgehead atoms. The second-order valence-corrected chi connectivity index (χ2v) is 5.13. The highest BCUT2D eigenvalue weighted by molar-refractivity contribution is 5.95. The van der Waals surface area contributed by atoms with E-state index >= 15 is 0 Å². The molecule has 2 N–H and O–H groups in total. The number of rotatable bonds is 5. The summed E-state index contributed by atoms with van der Waals surface area (Å²) in [5.41, 5.74) is 3.93. The van der Waals surface area contributed by atoms with Gasteiger partial charge in [0.1, 0.15) is 5.82 Å². The largest absolute Gasteiger partial charge is 0.373 e. The number of nitrogens with one attached hydrogen (secondary N) is 2. The highest BCUT2D eigenvalue weighted by atomic mass is 16.1. The van der Waals surface area contributed by atoms with Crippen LogP contribution >= 0.6 is 0 Å². The molecule has 1 heterocycles. The molecule has 0 aliphatic rings. The van der Waals surface area contributed by atoms with Gasteiger partial charge >= 0.3 is 0 Å². The summed E-state index contributed by atoms with van der Waals surface area (Å²) in [6, 6.07) is 11.9. The van der Waals surface area contributed by atoms with Gasteiger partial charge in [0.25, 0.3) is 5.91 Å². The van der Waals surface area contributed by atoms with Gasteiger partial charge < -0.3 is 10.6 Å². The van der Waals surface area contributed by atoms with Crippen LogP contribution in [0.2, 0.25) is 0 Å². The molecule has 0 atom stereocenters. The lowest BCUT2D eigenvalue weighted by atomic mass is 10.1. The van der Waals surface area contributed by atoms with Crippen LogP contribution in [0.5, 0.6) is 0 Å². The van der Waals surface area contributed by atoms with Crippen molar-refractivity contribution in [2.75, 3.05) is 18.9 Å². The second kappa shape index (κ2) is 6.88. The van der Waals surface area contributed by atoms with E-state index in [9.17, 15) is 4.79 Å². The summed E-state index contributed by atoms with van der Waals surface area (Å²) < 4.78 is 0. The van der Waals surface area contributed by atoms with Crippen LogP contribution in [0.3, 0.4) is 0 Å². The van der Waals surface area contributed by atoms with Gasteiger partial charge in [0.15, 0.2) is 0 Å². The van der Waals surface area contributed by atoms with E-state index in [0.29, 0.717) is 17.9 Å². The minimum absolute atomic E-state index is 0.0651. The van der Waals surface area contributed by atoms with E-state index in [1.165, 1.54) is 11.1 Å². The molecule has 4 heteroatoms. The van der Waals surface area contributed by atoms with Crippen molar-refractivity contribution in [3.8, 4) is 0 Å². The van der Waals surface area contributed by atoms with Crippen LogP contribution in [0, 0.1) is 13.8 Å². The van der Waals surface area contributed by atoms with Crippen LogP contribution in [0.15, 0.2) is 36.4 Å². The molecule has 0 fully saturated rings. The predicted octanol–water partition coefficient (Wildman–Crippen LogP) is 2.71. The molecule has 21 heavy (non-hydrogen) atoms. The van der Waals surface area contributed by atoms with Crippen molar-refractivity contribution in [1.82, 2.24) is 10.3 Å². The van der Waals surface area contributed by atoms with Gasteiger partial charge in [0.05, 0.1) is 0 Å². The maximum absolute atomic E-state index is 12.2. The fourth-order valence-corrected chi connectivity index (χ4v) is 2.22. The first-order valence-electron chi connectivity index (χ1n) is 7.08. The van der Waals surface area contributed by atoms with E-state index in [2.05, 4.69) is 40.7 Å². The zero-order valence-corrected chi connectivity index (χ0v) is 12.7. The van der Waals surface area contributed by atoms with Gasteiger partial charge in [0, 0.05) is 24.8 Å². The summed E-state index contributed by atoms with van der Waals surface area (Å²) >= 11 is 0. The van der Waals surface area contributed by atoms with E-state index in [-0.39, 0.29) is 5.91 Å². The Morgan fingerprint density at radius 3 is 2.71 bits per heavy atom. The SMILES string of the molecule is CNc1cc(C(=O)NCCc2cccc(C)c2)cc(C)n1. The van der Waals surface area contributed by atoms with Crippen molar-refractivity contribution in [1.29, 1.82) is 0 Å². The van der Waals surface area contributed by atoms with E-state index in [1.807, 2.05) is 13.0 Å². The zero-order valence-electron chi connectivity index (χ0n) is 12.7. The topological polar surface area (TPSA) is 54.0 Å². The predicted molar refractivity (Wildman–Crippen MR) is 85.7 cm³/mol. The van der Waals surface area contributed by atoms with Gasteiger partial charge in [-0.1, -0.05) is 29.8 Å². The summed E-state index contributed by atoms with van der Waals surface area (Å²) in [5, 5.41) is 5.91. The second-order valence-electron chi connectivity index (χ2n) is 5.13. The summed E-state index contributed by atoms with van der Waals surface area (Å²) in [4.78, 5) is 16.4. The lowest BCUT2D eigenvalue weighted by Crippen LogP contribution is -2.26. The maximum Gasteiger partial charge on any atom is 0.251 e. The fraction of sp³-hybridized carbons (Fsp3) is 0.294. The summed E-state index contributed by atoms with van der Waals surface area (Å²) in [6.07, 6.45) is 0.830. The number of hydrogen-bond acceptors (Lipinski definition) is 3. The average molecular weight is 283 g/mol. The number of nitrogens with zero attached hydrogens (tertiary/aromatic N) is 1. The first kappa shape index (κ1) is 15.0. The highest BCUT2D eigenvalue weighted by Gasteiger charge is 2.07. The third-order valence-corrected chi connectivity index (χ3v) is 3.25. The Morgan fingerprint density at radius 1 is 1.19 bits per heavy atom. The monoisotopic (exact) mass is 283 g/mol. The standard InChI is InChI=1S/C17H21N3O/c1-12-5-4-6-14(9-12)7-8-19-17(21)15-10-13(2)20-16(11-15)18-3/h4-6,9-11H,7-8H2,1-3H3,(H,18,20)(H,19,21). The van der Waals surface area contributed by atoms with Crippen molar-refractivity contribution in [3.05, 3.63) is 58.8 Å². The van der Waals surface area contributed by atoms with E-state index in [1.54, 1.807) is 19.2 Å². The number of anilines is 1. The molecular formula is C17H21N3O. The van der Waals surface area contributed by atoms with Gasteiger partial charge in [0.2, 0.25) is 0 Å². The van der Waals surface area contributed by atoms with Crippen LogP contribution in [-0.2, 0) is 6.42 Å². The smallest absolute Gasteiger partial charge is 0.251 e. The Hall–Kier alpha value is -2.36. The molecule has 2 aromatic rings. The van der Waals surface area contributed by atoms with Gasteiger partial charge in [-0.05, 0) is 38.0 Å². The number of carbonyl (C=O) groups excluding carboxylic acids is 1. The first-order valence-corrected chi connectivity index (χ1v) is 7.08. The van der Waals surface area contributed by atoms with Crippen molar-refractivity contribution in [3.63, 3.8) is 0 Å². The molecule has 0 aliphatic carbocycles. The molecule has 0 radical (unpaired) electrons. The number of aryl methyl sites for hydroxylation is 2. The van der Waals surface area contributed by atoms with Crippen molar-refractivity contribution >= 4 is 11.7 Å². The quantitative estimate of drug-likeness (QED) is 0.887. The third-order valence-electron chi connectivity index (χ3n) is 3.25. The normalized spacial score (nSPS) is 10.2. The molecule has 2 rings (SSSR count). The van der Waals surface area contributed by atoms with Gasteiger partial charge in [-0.15, -0.1) is 0 Å². The molecule has 0 spiro atoms. The Kier molecular flexibility index (Phi) is 4.93. The van der Waals surface area contributed by atoms with E-state index in [0.717, 1.165) is 12.1 Å². The Balaban J connectivity index is 1.94. The third kappa shape index (κ3) is 4.31. The van der Waals surface area contributed by atoms with Crippen molar-refractivity contribution in [2.24, 2.45) is 0 Å². The summed E-state index contributed by atoms with van der Waals surface area (Å²) in [6.45, 7) is 4.57.